The van der Waals surface area contributed by atoms with Gasteiger partial charge in [-0.2, -0.15) is 5.10 Å². The predicted octanol–water partition coefficient (Wildman–Crippen LogP) is 9.05. The lowest BCUT2D eigenvalue weighted by atomic mass is 9.98. The van der Waals surface area contributed by atoms with E-state index in [1.54, 1.807) is 22.7 Å². The van der Waals surface area contributed by atoms with Gasteiger partial charge in [-0.25, -0.2) is 4.79 Å². The summed E-state index contributed by atoms with van der Waals surface area (Å²) in [6, 6.07) is 11.4. The number of carboxylic acids is 1. The topological polar surface area (TPSA) is 107 Å². The number of ether oxygens (including phenoxy) is 1. The quantitative estimate of drug-likeness (QED) is 0.143. The van der Waals surface area contributed by atoms with E-state index >= 15 is 4.79 Å². The number of hydrogen-bond donors (Lipinski definition) is 2. The Morgan fingerprint density at radius 2 is 1.73 bits per heavy atom. The molecule has 0 fully saturated rings. The number of aryl methyl sites for hydroxylation is 6. The molecule has 0 spiro atoms. The van der Waals surface area contributed by atoms with Crippen LogP contribution in [-0.2, 0) is 20.5 Å². The highest BCUT2D eigenvalue weighted by Crippen LogP contribution is 2.46. The monoisotopic (exact) mass is 740 g/mol. The maximum Gasteiger partial charge on any atom is 0.337 e. The van der Waals surface area contributed by atoms with Crippen LogP contribution < -0.4 is 15.0 Å². The third-order valence-corrected chi connectivity index (χ3v) is 11.3. The van der Waals surface area contributed by atoms with Gasteiger partial charge in [-0.15, -0.1) is 0 Å². The molecule has 1 aliphatic heterocycles. The van der Waals surface area contributed by atoms with Gasteiger partial charge in [-0.1, -0.05) is 29.3 Å². The first-order valence-electron chi connectivity index (χ1n) is 17.3. The molecule has 1 unspecified atom stereocenters. The third-order valence-electron chi connectivity index (χ3n) is 10.4. The number of aromatic nitrogens is 4. The van der Waals surface area contributed by atoms with Crippen molar-refractivity contribution in [1.29, 1.82) is 0 Å². The van der Waals surface area contributed by atoms with Crippen LogP contribution in [-0.4, -0.2) is 56.1 Å². The summed E-state index contributed by atoms with van der Waals surface area (Å²) in [7, 11) is 5.52. The number of fused-ring (bicyclic) bond motifs is 4. The molecule has 1 atom stereocenters. The highest BCUT2D eigenvalue weighted by molar-refractivity contribution is 6.35. The molecule has 0 aliphatic carbocycles. The Balaban J connectivity index is 1.40. The largest absolute Gasteiger partial charge is 0.494 e. The number of aromatic carboxylic acids is 1. The SMILES string of the molecule is CNc1cc(N2CC(C)n3c(c(CCCOc4cc(C)c(Cl)c(C)c4)c4ccc(Cl)c(-c5c(C)nn(C)c5C)c43)C2=O)c2c(c1)c(C(=O)O)cn2C. The third kappa shape index (κ3) is 5.60. The lowest BCUT2D eigenvalue weighted by Crippen LogP contribution is -2.43. The summed E-state index contributed by atoms with van der Waals surface area (Å²) < 4.78 is 12.0. The van der Waals surface area contributed by atoms with Crippen molar-refractivity contribution in [3.8, 4) is 16.9 Å². The highest BCUT2D eigenvalue weighted by atomic mass is 35.5. The lowest BCUT2D eigenvalue weighted by molar-refractivity contribution is 0.0698. The molecule has 4 heterocycles. The zero-order chi connectivity index (χ0) is 37.3. The second-order valence-electron chi connectivity index (χ2n) is 13.9. The molecule has 0 saturated heterocycles. The van der Waals surface area contributed by atoms with E-state index in [2.05, 4.69) is 16.8 Å². The number of halogens is 2. The molecular weight excluding hydrogens is 699 g/mol. The molecule has 12 heteroatoms. The number of anilines is 2. The first-order valence-corrected chi connectivity index (χ1v) is 18.1. The molecule has 3 aromatic carbocycles. The maximum absolute atomic E-state index is 15.1. The van der Waals surface area contributed by atoms with E-state index in [0.29, 0.717) is 59.0 Å². The molecule has 1 aliphatic rings. The molecule has 2 N–H and O–H groups in total. The Morgan fingerprint density at radius 1 is 1.02 bits per heavy atom. The molecule has 10 nitrogen and oxygen atoms in total. The molecule has 6 aromatic rings. The van der Waals surface area contributed by atoms with Gasteiger partial charge in [0.15, 0.2) is 0 Å². The Morgan fingerprint density at radius 3 is 2.37 bits per heavy atom. The van der Waals surface area contributed by atoms with Crippen molar-refractivity contribution >= 4 is 68.3 Å². The molecule has 7 rings (SSSR count). The highest BCUT2D eigenvalue weighted by Gasteiger charge is 2.38. The Hall–Kier alpha value is -4.93. The average Bonchev–Trinajstić information content (AvgIpc) is 3.71. The van der Waals surface area contributed by atoms with Gasteiger partial charge >= 0.3 is 5.97 Å². The van der Waals surface area contributed by atoms with Crippen molar-refractivity contribution in [3.63, 3.8) is 0 Å². The number of nitrogens with one attached hydrogen (secondary N) is 1. The first kappa shape index (κ1) is 35.5. The lowest BCUT2D eigenvalue weighted by Gasteiger charge is -2.35. The van der Waals surface area contributed by atoms with Crippen LogP contribution in [0.3, 0.4) is 0 Å². The molecule has 0 bridgehead atoms. The van der Waals surface area contributed by atoms with Crippen LogP contribution in [0.1, 0.15) is 68.3 Å². The maximum atomic E-state index is 15.1. The summed E-state index contributed by atoms with van der Waals surface area (Å²) in [6.45, 7) is 10.9. The minimum absolute atomic E-state index is 0.163. The van der Waals surface area contributed by atoms with Crippen molar-refractivity contribution in [2.45, 2.75) is 53.5 Å². The fourth-order valence-corrected chi connectivity index (χ4v) is 8.34. The van der Waals surface area contributed by atoms with Crippen LogP contribution in [0.15, 0.2) is 42.6 Å². The van der Waals surface area contributed by atoms with Gasteiger partial charge in [-0.3, -0.25) is 9.48 Å². The van der Waals surface area contributed by atoms with Crippen LogP contribution in [0.4, 0.5) is 11.4 Å². The summed E-state index contributed by atoms with van der Waals surface area (Å²) >= 11 is 13.5. The molecule has 270 valence electrons. The van der Waals surface area contributed by atoms with Crippen LogP contribution in [0.2, 0.25) is 10.0 Å². The summed E-state index contributed by atoms with van der Waals surface area (Å²) in [5.41, 5.74) is 10.2. The second kappa shape index (κ2) is 13.2. The van der Waals surface area contributed by atoms with Gasteiger partial charge in [0.25, 0.3) is 5.91 Å². The number of carbonyl (C=O) groups is 2. The molecule has 52 heavy (non-hydrogen) atoms. The van der Waals surface area contributed by atoms with Crippen molar-refractivity contribution in [3.05, 3.63) is 92.0 Å². The second-order valence-corrected chi connectivity index (χ2v) is 14.7. The zero-order valence-electron chi connectivity index (χ0n) is 30.6. The van der Waals surface area contributed by atoms with Gasteiger partial charge in [0.1, 0.15) is 11.4 Å². The number of carbonyl (C=O) groups excluding carboxylic acids is 1. The number of benzene rings is 3. The average molecular weight is 742 g/mol. The normalized spacial score (nSPS) is 14.5. The van der Waals surface area contributed by atoms with E-state index in [4.69, 9.17) is 33.0 Å². The van der Waals surface area contributed by atoms with Gasteiger partial charge in [0.2, 0.25) is 0 Å². The van der Waals surface area contributed by atoms with Crippen LogP contribution in [0.5, 0.6) is 5.75 Å². The zero-order valence-corrected chi connectivity index (χ0v) is 32.1. The number of nitrogens with zero attached hydrogens (tertiary/aromatic N) is 5. The van der Waals surface area contributed by atoms with E-state index in [1.165, 1.54) is 0 Å². The summed E-state index contributed by atoms with van der Waals surface area (Å²) in [5.74, 6) is -0.432. The smallest absolute Gasteiger partial charge is 0.337 e. The molecule has 1 amide bonds. The number of hydrogen-bond acceptors (Lipinski definition) is 5. The van der Waals surface area contributed by atoms with Crippen molar-refractivity contribution < 1.29 is 19.4 Å². The number of amides is 1. The number of rotatable bonds is 9. The first-order chi connectivity index (χ1) is 24.7. The fourth-order valence-electron chi connectivity index (χ4n) is 7.98. The summed E-state index contributed by atoms with van der Waals surface area (Å²) in [4.78, 5) is 29.2. The molecular formula is C40H42Cl2N6O4. The summed E-state index contributed by atoms with van der Waals surface area (Å²) in [5, 5.41) is 20.8. The van der Waals surface area contributed by atoms with Crippen LogP contribution >= 0.6 is 23.2 Å². The fraction of sp³-hybridized carbons (Fsp3) is 0.325. The van der Waals surface area contributed by atoms with Crippen LogP contribution in [0, 0.1) is 27.7 Å². The Bertz CT molecular complexity index is 2430. The van der Waals surface area contributed by atoms with E-state index in [-0.39, 0.29) is 17.5 Å². The minimum Gasteiger partial charge on any atom is -0.494 e. The van der Waals surface area contributed by atoms with Gasteiger partial charge in [0, 0.05) is 78.2 Å². The van der Waals surface area contributed by atoms with E-state index in [1.807, 2.05) is 82.9 Å². The van der Waals surface area contributed by atoms with Crippen molar-refractivity contribution in [2.75, 3.05) is 30.4 Å². The van der Waals surface area contributed by atoms with E-state index < -0.39 is 5.97 Å². The predicted molar refractivity (Wildman–Crippen MR) is 209 cm³/mol. The molecule has 0 saturated carbocycles. The van der Waals surface area contributed by atoms with Crippen molar-refractivity contribution in [1.82, 2.24) is 18.9 Å². The standard InChI is InChI=1S/C40H42Cl2N6O4/c1-20-14-26(15-21(2)35(20)42)52-13-9-10-27-28-11-12-31(41)34(33-23(4)44-46(8)24(33)5)37(28)48-22(3)18-47(39(49)38(27)48)32-17-25(43-6)16-29-30(40(50)51)19-45(7)36(29)32/h11-12,14-17,19,22,43H,9-10,13,18H2,1-8H3,(H,50,51). The Labute approximate surface area is 312 Å². The van der Waals surface area contributed by atoms with Crippen LogP contribution in [0.25, 0.3) is 32.9 Å². The van der Waals surface area contributed by atoms with Gasteiger partial charge in [-0.05, 0) is 94.5 Å². The minimum atomic E-state index is -1.03. The van der Waals surface area contributed by atoms with Crippen molar-refractivity contribution in [2.24, 2.45) is 14.1 Å². The molecule has 3 aromatic heterocycles. The van der Waals surface area contributed by atoms with E-state index in [0.717, 1.165) is 60.9 Å². The number of carboxylic acid groups (broad SMARTS) is 1. The molecule has 0 radical (unpaired) electrons. The summed E-state index contributed by atoms with van der Waals surface area (Å²) in [6.07, 6.45) is 2.82. The Kier molecular flexibility index (Phi) is 9.03. The van der Waals surface area contributed by atoms with Gasteiger partial charge in [0.05, 0.1) is 39.6 Å². The van der Waals surface area contributed by atoms with Gasteiger partial charge < -0.3 is 29.2 Å². The van der Waals surface area contributed by atoms with E-state index in [9.17, 15) is 9.90 Å².